The lowest BCUT2D eigenvalue weighted by Gasteiger charge is -2.27. The van der Waals surface area contributed by atoms with Crippen molar-refractivity contribution >= 4 is 21.6 Å². The van der Waals surface area contributed by atoms with E-state index in [0.29, 0.717) is 6.54 Å². The SMILES string of the molecule is CCCCN(CCO)c1ccc(Br)cc1CNCCC. The molecule has 20 heavy (non-hydrogen) atoms. The number of hydrogen-bond donors (Lipinski definition) is 2. The molecular formula is C16H27BrN2O. The number of nitrogens with zero attached hydrogens (tertiary/aromatic N) is 1. The summed E-state index contributed by atoms with van der Waals surface area (Å²) in [5, 5.41) is 12.8. The van der Waals surface area contributed by atoms with Gasteiger partial charge in [0, 0.05) is 29.8 Å². The summed E-state index contributed by atoms with van der Waals surface area (Å²) < 4.78 is 1.11. The van der Waals surface area contributed by atoms with E-state index in [1.54, 1.807) is 0 Å². The van der Waals surface area contributed by atoms with Crippen LogP contribution in [0.4, 0.5) is 5.69 Å². The molecular weight excluding hydrogens is 316 g/mol. The van der Waals surface area contributed by atoms with Gasteiger partial charge in [0.05, 0.1) is 6.61 Å². The summed E-state index contributed by atoms with van der Waals surface area (Å²) in [7, 11) is 0. The smallest absolute Gasteiger partial charge is 0.0606 e. The van der Waals surface area contributed by atoms with Crippen LogP contribution in [-0.4, -0.2) is 31.3 Å². The predicted molar refractivity (Wildman–Crippen MR) is 90.3 cm³/mol. The van der Waals surface area contributed by atoms with Gasteiger partial charge in [-0.3, -0.25) is 0 Å². The minimum atomic E-state index is 0.196. The number of aliphatic hydroxyl groups excluding tert-OH is 1. The highest BCUT2D eigenvalue weighted by Crippen LogP contribution is 2.25. The van der Waals surface area contributed by atoms with E-state index in [-0.39, 0.29) is 6.61 Å². The van der Waals surface area contributed by atoms with E-state index in [1.807, 2.05) is 0 Å². The summed E-state index contributed by atoms with van der Waals surface area (Å²) in [6, 6.07) is 6.40. The van der Waals surface area contributed by atoms with Gasteiger partial charge in [0.2, 0.25) is 0 Å². The Hall–Kier alpha value is -0.580. The molecule has 0 spiro atoms. The molecule has 0 atom stereocenters. The van der Waals surface area contributed by atoms with E-state index in [1.165, 1.54) is 17.7 Å². The van der Waals surface area contributed by atoms with Crippen LogP contribution in [0.15, 0.2) is 22.7 Å². The zero-order valence-electron chi connectivity index (χ0n) is 12.7. The lowest BCUT2D eigenvalue weighted by molar-refractivity contribution is 0.301. The fourth-order valence-corrected chi connectivity index (χ4v) is 2.63. The molecule has 0 saturated heterocycles. The van der Waals surface area contributed by atoms with Gasteiger partial charge in [0.25, 0.3) is 0 Å². The monoisotopic (exact) mass is 342 g/mol. The number of nitrogens with one attached hydrogen (secondary N) is 1. The molecule has 3 nitrogen and oxygen atoms in total. The van der Waals surface area contributed by atoms with Gasteiger partial charge >= 0.3 is 0 Å². The number of unbranched alkanes of at least 4 members (excludes halogenated alkanes) is 1. The summed E-state index contributed by atoms with van der Waals surface area (Å²) in [6.45, 7) is 8.16. The van der Waals surface area contributed by atoms with Crippen LogP contribution in [0.3, 0.4) is 0 Å². The van der Waals surface area contributed by atoms with E-state index < -0.39 is 0 Å². The maximum absolute atomic E-state index is 9.29. The normalized spacial score (nSPS) is 10.8. The fourth-order valence-electron chi connectivity index (χ4n) is 2.23. The van der Waals surface area contributed by atoms with Crippen molar-refractivity contribution in [3.8, 4) is 0 Å². The Morgan fingerprint density at radius 3 is 2.65 bits per heavy atom. The van der Waals surface area contributed by atoms with Crippen LogP contribution >= 0.6 is 15.9 Å². The minimum Gasteiger partial charge on any atom is -0.395 e. The highest BCUT2D eigenvalue weighted by molar-refractivity contribution is 9.10. The molecule has 1 rings (SSSR count). The third-order valence-corrected chi connectivity index (χ3v) is 3.77. The van der Waals surface area contributed by atoms with Crippen LogP contribution in [0, 0.1) is 0 Å². The first kappa shape index (κ1) is 17.5. The van der Waals surface area contributed by atoms with Gasteiger partial charge in [-0.1, -0.05) is 36.2 Å². The van der Waals surface area contributed by atoms with Gasteiger partial charge in [-0.2, -0.15) is 0 Å². The average Bonchev–Trinajstić information content (AvgIpc) is 2.44. The number of halogens is 1. The predicted octanol–water partition coefficient (Wildman–Crippen LogP) is 3.55. The molecule has 0 heterocycles. The summed E-state index contributed by atoms with van der Waals surface area (Å²) in [5.41, 5.74) is 2.52. The Kier molecular flexibility index (Phi) is 8.90. The second kappa shape index (κ2) is 10.2. The van der Waals surface area contributed by atoms with Crippen LogP contribution in [0.25, 0.3) is 0 Å². The molecule has 0 saturated carbocycles. The molecule has 114 valence electrons. The van der Waals surface area contributed by atoms with Gasteiger partial charge in [-0.25, -0.2) is 0 Å². The van der Waals surface area contributed by atoms with Crippen LogP contribution in [0.5, 0.6) is 0 Å². The lowest BCUT2D eigenvalue weighted by atomic mass is 10.1. The molecule has 0 bridgehead atoms. The molecule has 0 amide bonds. The zero-order chi connectivity index (χ0) is 14.8. The molecule has 2 N–H and O–H groups in total. The van der Waals surface area contributed by atoms with Gasteiger partial charge in [-0.05, 0) is 43.1 Å². The second-order valence-corrected chi connectivity index (χ2v) is 5.93. The fraction of sp³-hybridized carbons (Fsp3) is 0.625. The highest BCUT2D eigenvalue weighted by Gasteiger charge is 2.11. The molecule has 1 aromatic carbocycles. The number of anilines is 1. The van der Waals surface area contributed by atoms with Crippen molar-refractivity contribution in [1.29, 1.82) is 0 Å². The quantitative estimate of drug-likeness (QED) is 0.638. The van der Waals surface area contributed by atoms with Crippen LogP contribution in [0.2, 0.25) is 0 Å². The van der Waals surface area contributed by atoms with Crippen molar-refractivity contribution < 1.29 is 5.11 Å². The number of aliphatic hydroxyl groups is 1. The van der Waals surface area contributed by atoms with Crippen LogP contribution < -0.4 is 10.2 Å². The van der Waals surface area contributed by atoms with E-state index in [4.69, 9.17) is 0 Å². The number of rotatable bonds is 10. The Balaban J connectivity index is 2.87. The van der Waals surface area contributed by atoms with E-state index in [9.17, 15) is 5.11 Å². The number of hydrogen-bond acceptors (Lipinski definition) is 3. The highest BCUT2D eigenvalue weighted by atomic mass is 79.9. The standard InChI is InChI=1S/C16H27BrN2O/c1-3-5-9-19(10-11-20)16-7-6-15(17)12-14(16)13-18-8-4-2/h6-7,12,18,20H,3-5,8-11,13H2,1-2H3. The molecule has 0 aliphatic carbocycles. The van der Waals surface area contributed by atoms with Crippen LogP contribution in [0.1, 0.15) is 38.7 Å². The molecule has 0 aromatic heterocycles. The number of benzene rings is 1. The summed E-state index contributed by atoms with van der Waals surface area (Å²) in [4.78, 5) is 2.29. The average molecular weight is 343 g/mol. The van der Waals surface area contributed by atoms with Crippen LogP contribution in [-0.2, 0) is 6.54 Å². The molecule has 0 fully saturated rings. The van der Waals surface area contributed by atoms with Gasteiger partial charge < -0.3 is 15.3 Å². The Morgan fingerprint density at radius 2 is 2.00 bits per heavy atom. The second-order valence-electron chi connectivity index (χ2n) is 5.01. The largest absolute Gasteiger partial charge is 0.395 e. The van der Waals surface area contributed by atoms with Crippen molar-refractivity contribution in [1.82, 2.24) is 5.32 Å². The van der Waals surface area contributed by atoms with Crippen molar-refractivity contribution in [3.63, 3.8) is 0 Å². The molecule has 0 unspecified atom stereocenters. The molecule has 0 radical (unpaired) electrons. The van der Waals surface area contributed by atoms with Gasteiger partial charge in [0.1, 0.15) is 0 Å². The topological polar surface area (TPSA) is 35.5 Å². The first-order chi connectivity index (χ1) is 9.72. The summed E-state index contributed by atoms with van der Waals surface area (Å²) in [6.07, 6.45) is 3.46. The Bertz CT molecular complexity index is 385. The van der Waals surface area contributed by atoms with Gasteiger partial charge in [0.15, 0.2) is 0 Å². The summed E-state index contributed by atoms with van der Waals surface area (Å²) in [5.74, 6) is 0. The molecule has 1 aromatic rings. The van der Waals surface area contributed by atoms with Crippen molar-refractivity contribution in [2.45, 2.75) is 39.7 Å². The van der Waals surface area contributed by atoms with Crippen molar-refractivity contribution in [2.75, 3.05) is 31.1 Å². The third-order valence-electron chi connectivity index (χ3n) is 3.28. The molecule has 4 heteroatoms. The molecule has 0 aliphatic heterocycles. The minimum absolute atomic E-state index is 0.196. The van der Waals surface area contributed by atoms with Gasteiger partial charge in [-0.15, -0.1) is 0 Å². The maximum Gasteiger partial charge on any atom is 0.0606 e. The van der Waals surface area contributed by atoms with E-state index in [2.05, 4.69) is 58.2 Å². The first-order valence-electron chi connectivity index (χ1n) is 7.57. The maximum atomic E-state index is 9.29. The van der Waals surface area contributed by atoms with E-state index in [0.717, 1.165) is 36.9 Å². The molecule has 0 aliphatic rings. The zero-order valence-corrected chi connectivity index (χ0v) is 14.2. The van der Waals surface area contributed by atoms with E-state index >= 15 is 0 Å². The van der Waals surface area contributed by atoms with Crippen molar-refractivity contribution in [3.05, 3.63) is 28.2 Å². The lowest BCUT2D eigenvalue weighted by Crippen LogP contribution is -2.29. The summed E-state index contributed by atoms with van der Waals surface area (Å²) >= 11 is 3.55. The Labute approximate surface area is 131 Å². The first-order valence-corrected chi connectivity index (χ1v) is 8.37. The Morgan fingerprint density at radius 1 is 1.20 bits per heavy atom. The third kappa shape index (κ3) is 5.81. The van der Waals surface area contributed by atoms with Crippen molar-refractivity contribution in [2.24, 2.45) is 0 Å².